The summed E-state index contributed by atoms with van der Waals surface area (Å²) in [6.07, 6.45) is 1.73. The third-order valence-corrected chi connectivity index (χ3v) is 5.99. The van der Waals surface area contributed by atoms with Gasteiger partial charge < -0.3 is 5.32 Å². The first-order valence-electron chi connectivity index (χ1n) is 8.24. The van der Waals surface area contributed by atoms with E-state index >= 15 is 0 Å². The first kappa shape index (κ1) is 18.6. The van der Waals surface area contributed by atoms with Gasteiger partial charge in [-0.15, -0.1) is 0 Å². The van der Waals surface area contributed by atoms with Crippen molar-refractivity contribution in [3.8, 4) is 0 Å². The molecule has 3 aromatic rings. The molecule has 2 aromatic carbocycles. The van der Waals surface area contributed by atoms with Crippen molar-refractivity contribution in [3.63, 3.8) is 0 Å². The van der Waals surface area contributed by atoms with Crippen molar-refractivity contribution in [1.82, 2.24) is 10.3 Å². The Labute approximate surface area is 158 Å². The quantitative estimate of drug-likeness (QED) is 0.669. The molecule has 0 radical (unpaired) electrons. The standard InChI is InChI=1S/C20H19ClN2O2S/c21-17-9-11-18(12-10-17)26(24,25)15-14-23-20(16-6-2-1-3-7-16)19-8-4-5-13-22-19/h1-13,20,23H,14-15H2. The lowest BCUT2D eigenvalue weighted by Crippen LogP contribution is -2.28. The smallest absolute Gasteiger partial charge is 0.179 e. The summed E-state index contributed by atoms with van der Waals surface area (Å²) >= 11 is 5.83. The molecule has 1 N–H and O–H groups in total. The maximum absolute atomic E-state index is 12.5. The van der Waals surface area contributed by atoms with E-state index in [9.17, 15) is 8.42 Å². The molecular formula is C20H19ClN2O2S. The van der Waals surface area contributed by atoms with E-state index in [4.69, 9.17) is 11.6 Å². The molecule has 4 nitrogen and oxygen atoms in total. The Bertz CT molecular complexity index is 891. The van der Waals surface area contributed by atoms with Gasteiger partial charge >= 0.3 is 0 Å². The largest absolute Gasteiger partial charge is 0.304 e. The molecule has 3 rings (SSSR count). The number of aromatic nitrogens is 1. The molecule has 0 bridgehead atoms. The van der Waals surface area contributed by atoms with Crippen LogP contribution < -0.4 is 5.32 Å². The molecule has 0 fully saturated rings. The molecular weight excluding hydrogens is 368 g/mol. The predicted molar refractivity (Wildman–Crippen MR) is 104 cm³/mol. The number of hydrogen-bond donors (Lipinski definition) is 1. The van der Waals surface area contributed by atoms with Crippen LogP contribution in [-0.4, -0.2) is 25.7 Å². The molecule has 134 valence electrons. The van der Waals surface area contributed by atoms with Crippen molar-refractivity contribution >= 4 is 21.4 Å². The highest BCUT2D eigenvalue weighted by Gasteiger charge is 2.18. The zero-order chi connectivity index (χ0) is 18.4. The Morgan fingerprint density at radius 1 is 0.923 bits per heavy atom. The number of benzene rings is 2. The molecule has 0 amide bonds. The first-order valence-corrected chi connectivity index (χ1v) is 10.3. The van der Waals surface area contributed by atoms with Crippen LogP contribution in [-0.2, 0) is 9.84 Å². The van der Waals surface area contributed by atoms with E-state index in [0.29, 0.717) is 11.6 Å². The van der Waals surface area contributed by atoms with E-state index in [-0.39, 0.29) is 16.7 Å². The molecule has 1 heterocycles. The van der Waals surface area contributed by atoms with Crippen molar-refractivity contribution in [3.05, 3.63) is 95.3 Å². The number of nitrogens with one attached hydrogen (secondary N) is 1. The molecule has 0 saturated carbocycles. The van der Waals surface area contributed by atoms with E-state index in [2.05, 4.69) is 10.3 Å². The highest BCUT2D eigenvalue weighted by molar-refractivity contribution is 7.91. The van der Waals surface area contributed by atoms with Crippen LogP contribution in [0.4, 0.5) is 0 Å². The van der Waals surface area contributed by atoms with Crippen molar-refractivity contribution in [1.29, 1.82) is 0 Å². The second kappa shape index (κ2) is 8.45. The lowest BCUT2D eigenvalue weighted by molar-refractivity contribution is 0.578. The van der Waals surface area contributed by atoms with Crippen molar-refractivity contribution < 1.29 is 8.42 Å². The average Bonchev–Trinajstić information content (AvgIpc) is 2.67. The lowest BCUT2D eigenvalue weighted by Gasteiger charge is -2.19. The van der Waals surface area contributed by atoms with Crippen LogP contribution in [0, 0.1) is 0 Å². The van der Waals surface area contributed by atoms with Gasteiger partial charge in [-0.25, -0.2) is 8.42 Å². The summed E-state index contributed by atoms with van der Waals surface area (Å²) in [5.41, 5.74) is 1.89. The van der Waals surface area contributed by atoms with Gasteiger partial charge in [0.2, 0.25) is 0 Å². The summed E-state index contributed by atoms with van der Waals surface area (Å²) in [6.45, 7) is 0.307. The van der Waals surface area contributed by atoms with Crippen molar-refractivity contribution in [2.24, 2.45) is 0 Å². The first-order chi connectivity index (χ1) is 12.6. The Kier molecular flexibility index (Phi) is 6.04. The second-order valence-electron chi connectivity index (χ2n) is 5.83. The minimum Gasteiger partial charge on any atom is -0.304 e. The van der Waals surface area contributed by atoms with Gasteiger partial charge in [-0.1, -0.05) is 48.0 Å². The van der Waals surface area contributed by atoms with Crippen LogP contribution in [0.2, 0.25) is 5.02 Å². The fourth-order valence-corrected chi connectivity index (χ4v) is 3.98. The summed E-state index contributed by atoms with van der Waals surface area (Å²) < 4.78 is 25.0. The number of pyridine rings is 1. The molecule has 26 heavy (non-hydrogen) atoms. The molecule has 0 aliphatic heterocycles. The van der Waals surface area contributed by atoms with E-state index in [0.717, 1.165) is 11.3 Å². The van der Waals surface area contributed by atoms with Crippen LogP contribution in [0.25, 0.3) is 0 Å². The summed E-state index contributed by atoms with van der Waals surface area (Å²) in [7, 11) is -3.38. The third-order valence-electron chi connectivity index (χ3n) is 4.01. The van der Waals surface area contributed by atoms with Crippen LogP contribution in [0.1, 0.15) is 17.3 Å². The predicted octanol–water partition coefficient (Wildman–Crippen LogP) is 3.89. The zero-order valence-corrected chi connectivity index (χ0v) is 15.6. The fraction of sp³-hybridized carbons (Fsp3) is 0.150. The second-order valence-corrected chi connectivity index (χ2v) is 8.37. The Balaban J connectivity index is 1.73. The highest BCUT2D eigenvalue weighted by Crippen LogP contribution is 2.20. The Morgan fingerprint density at radius 3 is 2.27 bits per heavy atom. The third kappa shape index (κ3) is 4.69. The molecule has 0 saturated heterocycles. The van der Waals surface area contributed by atoms with Gasteiger partial charge in [0, 0.05) is 17.8 Å². The SMILES string of the molecule is O=S(=O)(CCNC(c1ccccc1)c1ccccn1)c1ccc(Cl)cc1. The lowest BCUT2D eigenvalue weighted by atomic mass is 10.0. The van der Waals surface area contributed by atoms with E-state index in [1.165, 1.54) is 12.1 Å². The normalized spacial score (nSPS) is 12.7. The molecule has 1 unspecified atom stereocenters. The van der Waals surface area contributed by atoms with Gasteiger partial charge in [-0.2, -0.15) is 0 Å². The minimum atomic E-state index is -3.38. The van der Waals surface area contributed by atoms with Crippen LogP contribution in [0.15, 0.2) is 83.9 Å². The monoisotopic (exact) mass is 386 g/mol. The Morgan fingerprint density at radius 2 is 1.62 bits per heavy atom. The average molecular weight is 387 g/mol. The summed E-state index contributed by atoms with van der Waals surface area (Å²) in [5.74, 6) is -0.00913. The van der Waals surface area contributed by atoms with Gasteiger partial charge in [-0.05, 0) is 42.0 Å². The van der Waals surface area contributed by atoms with Crippen molar-refractivity contribution in [2.75, 3.05) is 12.3 Å². The molecule has 0 spiro atoms. The summed E-state index contributed by atoms with van der Waals surface area (Å²) in [4.78, 5) is 4.69. The summed E-state index contributed by atoms with van der Waals surface area (Å²) in [6, 6.07) is 21.6. The number of hydrogen-bond acceptors (Lipinski definition) is 4. The van der Waals surface area contributed by atoms with Gasteiger partial charge in [0.25, 0.3) is 0 Å². The molecule has 6 heteroatoms. The summed E-state index contributed by atoms with van der Waals surface area (Å²) in [5, 5.41) is 3.84. The maximum atomic E-state index is 12.5. The fourth-order valence-electron chi connectivity index (χ4n) is 2.68. The number of sulfone groups is 1. The molecule has 1 atom stereocenters. The van der Waals surface area contributed by atoms with Crippen LogP contribution in [0.5, 0.6) is 0 Å². The minimum absolute atomic E-state index is 0.00913. The van der Waals surface area contributed by atoms with Crippen molar-refractivity contribution in [2.45, 2.75) is 10.9 Å². The van der Waals surface area contributed by atoms with Gasteiger partial charge in [-0.3, -0.25) is 4.98 Å². The van der Waals surface area contributed by atoms with Gasteiger partial charge in [0.15, 0.2) is 9.84 Å². The number of rotatable bonds is 7. The van der Waals surface area contributed by atoms with Gasteiger partial charge in [0.05, 0.1) is 22.4 Å². The van der Waals surface area contributed by atoms with Crippen LogP contribution >= 0.6 is 11.6 Å². The Hall–Kier alpha value is -2.21. The molecule has 0 aliphatic carbocycles. The molecule has 1 aromatic heterocycles. The number of nitrogens with zero attached hydrogens (tertiary/aromatic N) is 1. The zero-order valence-electron chi connectivity index (χ0n) is 14.0. The van der Waals surface area contributed by atoms with E-state index in [1.54, 1.807) is 18.3 Å². The van der Waals surface area contributed by atoms with E-state index in [1.807, 2.05) is 48.5 Å². The van der Waals surface area contributed by atoms with Crippen LogP contribution in [0.3, 0.4) is 0 Å². The van der Waals surface area contributed by atoms with Gasteiger partial charge in [0.1, 0.15) is 0 Å². The van der Waals surface area contributed by atoms with E-state index < -0.39 is 9.84 Å². The topological polar surface area (TPSA) is 59.1 Å². The molecule has 0 aliphatic rings. The maximum Gasteiger partial charge on any atom is 0.179 e. The number of halogens is 1. The highest BCUT2D eigenvalue weighted by atomic mass is 35.5.